The molecule has 0 heterocycles. The first-order valence-corrected chi connectivity index (χ1v) is 7.94. The smallest absolute Gasteiger partial charge is 0.183 e. The molecule has 0 bridgehead atoms. The van der Waals surface area contributed by atoms with Crippen LogP contribution in [0.4, 0.5) is 0 Å². The topological polar surface area (TPSA) is 42.2 Å². The SMILES string of the molecule is CO[C@@H](CCC#N)CO[Si](C)(C)C. The quantitative estimate of drug-likeness (QED) is 0.618. The Hall–Kier alpha value is -0.373. The molecular formula is C9H19NO2Si. The van der Waals surface area contributed by atoms with E-state index in [9.17, 15) is 0 Å². The molecule has 0 aliphatic rings. The summed E-state index contributed by atoms with van der Waals surface area (Å²) in [5.41, 5.74) is 0. The Kier molecular flexibility index (Phi) is 5.96. The first kappa shape index (κ1) is 12.6. The molecule has 0 aliphatic heterocycles. The summed E-state index contributed by atoms with van der Waals surface area (Å²) >= 11 is 0. The van der Waals surface area contributed by atoms with Crippen molar-refractivity contribution in [3.8, 4) is 6.07 Å². The standard InChI is InChI=1S/C9H19NO2Si/c1-11-9(6-5-7-10)8-12-13(2,3)4/h9H,5-6,8H2,1-4H3/t9-/m0/s1. The van der Waals surface area contributed by atoms with Gasteiger partial charge in [-0.3, -0.25) is 0 Å². The van der Waals surface area contributed by atoms with Gasteiger partial charge >= 0.3 is 0 Å². The molecule has 0 rings (SSSR count). The van der Waals surface area contributed by atoms with Gasteiger partial charge in [-0.25, -0.2) is 0 Å². The molecule has 0 aromatic heterocycles. The van der Waals surface area contributed by atoms with Gasteiger partial charge in [-0.15, -0.1) is 0 Å². The van der Waals surface area contributed by atoms with E-state index in [1.165, 1.54) is 0 Å². The van der Waals surface area contributed by atoms with E-state index in [1.54, 1.807) is 7.11 Å². The van der Waals surface area contributed by atoms with Crippen LogP contribution in [0.3, 0.4) is 0 Å². The maximum absolute atomic E-state index is 8.40. The number of ether oxygens (including phenoxy) is 1. The molecule has 0 aromatic rings. The Morgan fingerprint density at radius 3 is 2.38 bits per heavy atom. The molecule has 0 radical (unpaired) electrons. The molecule has 76 valence electrons. The second-order valence-electron chi connectivity index (χ2n) is 3.98. The zero-order valence-corrected chi connectivity index (χ0v) is 9.96. The molecular weight excluding hydrogens is 182 g/mol. The molecule has 4 heteroatoms. The second kappa shape index (κ2) is 6.14. The van der Waals surface area contributed by atoms with Crippen LogP contribution in [0.5, 0.6) is 0 Å². The van der Waals surface area contributed by atoms with E-state index in [2.05, 4.69) is 25.7 Å². The predicted molar refractivity (Wildman–Crippen MR) is 54.9 cm³/mol. The van der Waals surface area contributed by atoms with Crippen molar-refractivity contribution in [3.63, 3.8) is 0 Å². The summed E-state index contributed by atoms with van der Waals surface area (Å²) in [4.78, 5) is 0. The van der Waals surface area contributed by atoms with Crippen LogP contribution in [0.25, 0.3) is 0 Å². The van der Waals surface area contributed by atoms with Crippen LogP contribution in [0.1, 0.15) is 12.8 Å². The van der Waals surface area contributed by atoms with Crippen LogP contribution in [-0.4, -0.2) is 28.1 Å². The fraction of sp³-hybridized carbons (Fsp3) is 0.889. The van der Waals surface area contributed by atoms with Crippen LogP contribution in [-0.2, 0) is 9.16 Å². The summed E-state index contributed by atoms with van der Waals surface area (Å²) in [6, 6.07) is 2.11. The summed E-state index contributed by atoms with van der Waals surface area (Å²) in [5.74, 6) is 0. The van der Waals surface area contributed by atoms with Crippen LogP contribution in [0.2, 0.25) is 19.6 Å². The average molecular weight is 201 g/mol. The van der Waals surface area contributed by atoms with Gasteiger partial charge in [0.1, 0.15) is 0 Å². The van der Waals surface area contributed by atoms with Gasteiger partial charge in [0.15, 0.2) is 8.32 Å². The summed E-state index contributed by atoms with van der Waals surface area (Å²) < 4.78 is 10.9. The molecule has 0 unspecified atom stereocenters. The molecule has 0 amide bonds. The van der Waals surface area contributed by atoms with Crippen molar-refractivity contribution in [1.82, 2.24) is 0 Å². The molecule has 0 aliphatic carbocycles. The van der Waals surface area contributed by atoms with Crippen LogP contribution < -0.4 is 0 Å². The van der Waals surface area contributed by atoms with Crippen molar-refractivity contribution >= 4 is 8.32 Å². The summed E-state index contributed by atoms with van der Waals surface area (Å²) in [6.45, 7) is 7.05. The zero-order chi connectivity index (χ0) is 10.3. The Labute approximate surface area is 81.8 Å². The van der Waals surface area contributed by atoms with E-state index in [1.807, 2.05) is 0 Å². The van der Waals surface area contributed by atoms with Gasteiger partial charge in [0.05, 0.1) is 18.8 Å². The third-order valence-corrected chi connectivity index (χ3v) is 2.65. The van der Waals surface area contributed by atoms with E-state index >= 15 is 0 Å². The molecule has 0 saturated carbocycles. The van der Waals surface area contributed by atoms with Gasteiger partial charge < -0.3 is 9.16 Å². The molecule has 0 N–H and O–H groups in total. The van der Waals surface area contributed by atoms with Crippen molar-refractivity contribution < 1.29 is 9.16 Å². The van der Waals surface area contributed by atoms with Gasteiger partial charge in [-0.1, -0.05) is 0 Å². The van der Waals surface area contributed by atoms with Crippen LogP contribution in [0, 0.1) is 11.3 Å². The van der Waals surface area contributed by atoms with Crippen molar-refractivity contribution in [2.45, 2.75) is 38.6 Å². The largest absolute Gasteiger partial charge is 0.415 e. The van der Waals surface area contributed by atoms with Crippen molar-refractivity contribution in [1.29, 1.82) is 5.26 Å². The van der Waals surface area contributed by atoms with Gasteiger partial charge in [-0.2, -0.15) is 5.26 Å². The summed E-state index contributed by atoms with van der Waals surface area (Å²) in [7, 11) is 0.224. The van der Waals surface area contributed by atoms with Crippen LogP contribution in [0.15, 0.2) is 0 Å². The van der Waals surface area contributed by atoms with Crippen molar-refractivity contribution in [2.75, 3.05) is 13.7 Å². The molecule has 0 fully saturated rings. The Morgan fingerprint density at radius 2 is 2.00 bits per heavy atom. The van der Waals surface area contributed by atoms with Crippen molar-refractivity contribution in [3.05, 3.63) is 0 Å². The lowest BCUT2D eigenvalue weighted by molar-refractivity contribution is 0.0506. The van der Waals surface area contributed by atoms with Gasteiger partial charge in [0, 0.05) is 13.5 Å². The maximum atomic E-state index is 8.40. The number of nitriles is 1. The van der Waals surface area contributed by atoms with E-state index in [0.717, 1.165) is 6.42 Å². The first-order chi connectivity index (χ1) is 5.99. The minimum absolute atomic E-state index is 0.0753. The average Bonchev–Trinajstić information content (AvgIpc) is 2.03. The highest BCUT2D eigenvalue weighted by Crippen LogP contribution is 2.07. The second-order valence-corrected chi connectivity index (χ2v) is 8.49. The highest BCUT2D eigenvalue weighted by Gasteiger charge is 2.17. The summed E-state index contributed by atoms with van der Waals surface area (Å²) in [5, 5.41) is 8.40. The van der Waals surface area contributed by atoms with E-state index in [-0.39, 0.29) is 6.10 Å². The number of methoxy groups -OCH3 is 1. The number of rotatable bonds is 6. The highest BCUT2D eigenvalue weighted by molar-refractivity contribution is 6.69. The lowest BCUT2D eigenvalue weighted by Gasteiger charge is -2.21. The van der Waals surface area contributed by atoms with Gasteiger partial charge in [0.25, 0.3) is 0 Å². The fourth-order valence-corrected chi connectivity index (χ4v) is 1.52. The van der Waals surface area contributed by atoms with Gasteiger partial charge in [0.2, 0.25) is 0 Å². The predicted octanol–water partition coefficient (Wildman–Crippen LogP) is 2.16. The van der Waals surface area contributed by atoms with Gasteiger partial charge in [-0.05, 0) is 26.1 Å². The molecule has 1 atom stereocenters. The van der Waals surface area contributed by atoms with E-state index in [0.29, 0.717) is 13.0 Å². The lowest BCUT2D eigenvalue weighted by atomic mass is 10.2. The molecule has 0 spiro atoms. The van der Waals surface area contributed by atoms with E-state index in [4.69, 9.17) is 14.4 Å². The minimum atomic E-state index is -1.44. The lowest BCUT2D eigenvalue weighted by Crippen LogP contribution is -2.31. The fourth-order valence-electron chi connectivity index (χ4n) is 0.838. The number of hydrogen-bond acceptors (Lipinski definition) is 3. The zero-order valence-electron chi connectivity index (χ0n) is 8.96. The third-order valence-electron chi connectivity index (χ3n) is 1.61. The third kappa shape index (κ3) is 7.97. The van der Waals surface area contributed by atoms with E-state index < -0.39 is 8.32 Å². The van der Waals surface area contributed by atoms with Crippen molar-refractivity contribution in [2.24, 2.45) is 0 Å². The number of hydrogen-bond donors (Lipinski definition) is 0. The first-order valence-electron chi connectivity index (χ1n) is 4.53. The highest BCUT2D eigenvalue weighted by atomic mass is 28.4. The molecule has 13 heavy (non-hydrogen) atoms. The van der Waals surface area contributed by atoms with Crippen LogP contribution >= 0.6 is 0 Å². The molecule has 3 nitrogen and oxygen atoms in total. The monoisotopic (exact) mass is 201 g/mol. The Morgan fingerprint density at radius 1 is 1.38 bits per heavy atom. The molecule has 0 aromatic carbocycles. The Balaban J connectivity index is 3.67. The maximum Gasteiger partial charge on any atom is 0.183 e. The minimum Gasteiger partial charge on any atom is -0.415 e. The molecule has 0 saturated heterocycles. The number of nitrogens with zero attached hydrogens (tertiary/aromatic N) is 1. The normalized spacial score (nSPS) is 13.8. The Bertz CT molecular complexity index is 171. The summed E-state index contributed by atoms with van der Waals surface area (Å²) in [6.07, 6.45) is 1.37.